The van der Waals surface area contributed by atoms with Crippen LogP contribution in [0.25, 0.3) is 5.69 Å². The van der Waals surface area contributed by atoms with Crippen LogP contribution in [0, 0.1) is 0 Å². The first kappa shape index (κ1) is 17.4. The first-order valence-corrected chi connectivity index (χ1v) is 8.58. The summed E-state index contributed by atoms with van der Waals surface area (Å²) < 4.78 is 12.3. The van der Waals surface area contributed by atoms with Crippen LogP contribution >= 0.6 is 0 Å². The number of rotatable bonds is 5. The van der Waals surface area contributed by atoms with E-state index in [2.05, 4.69) is 5.10 Å². The van der Waals surface area contributed by atoms with Crippen molar-refractivity contribution in [2.24, 2.45) is 5.73 Å². The fraction of sp³-hybridized carbons (Fsp3) is 0.444. The van der Waals surface area contributed by atoms with Gasteiger partial charge in [0.1, 0.15) is 0 Å². The zero-order chi connectivity index (χ0) is 17.8. The van der Waals surface area contributed by atoms with Gasteiger partial charge in [-0.25, -0.2) is 9.48 Å². The minimum Gasteiger partial charge on any atom is -0.461 e. The number of nitrogens with zero attached hydrogens (tertiary/aromatic N) is 2. The van der Waals surface area contributed by atoms with Gasteiger partial charge in [0, 0.05) is 19.1 Å². The van der Waals surface area contributed by atoms with Crippen molar-refractivity contribution >= 4 is 11.7 Å². The van der Waals surface area contributed by atoms with E-state index in [0.717, 1.165) is 30.7 Å². The van der Waals surface area contributed by atoms with E-state index in [0.29, 0.717) is 24.5 Å². The number of hydrogen-bond acceptors (Lipinski definition) is 6. The quantitative estimate of drug-likeness (QED) is 0.804. The van der Waals surface area contributed by atoms with Crippen molar-refractivity contribution < 1.29 is 14.3 Å². The molecule has 0 aliphatic carbocycles. The number of ether oxygens (including phenoxy) is 2. The number of aromatic nitrogens is 2. The van der Waals surface area contributed by atoms with Crippen LogP contribution in [0.2, 0.25) is 0 Å². The molecule has 1 aromatic carbocycles. The summed E-state index contributed by atoms with van der Waals surface area (Å²) in [6.07, 6.45) is 1.90. The predicted molar refractivity (Wildman–Crippen MR) is 94.6 cm³/mol. The van der Waals surface area contributed by atoms with Crippen molar-refractivity contribution in [2.45, 2.75) is 32.2 Å². The van der Waals surface area contributed by atoms with Crippen molar-refractivity contribution in [1.29, 1.82) is 0 Å². The van der Waals surface area contributed by atoms with Crippen molar-refractivity contribution in [3.8, 4) is 5.69 Å². The highest BCUT2D eigenvalue weighted by molar-refractivity contribution is 5.94. The Morgan fingerprint density at radius 2 is 2.16 bits per heavy atom. The highest BCUT2D eigenvalue weighted by atomic mass is 16.5. The second-order valence-corrected chi connectivity index (χ2v) is 6.06. The molecule has 2 aromatic rings. The van der Waals surface area contributed by atoms with Crippen molar-refractivity contribution in [2.75, 3.05) is 25.6 Å². The smallest absolute Gasteiger partial charge is 0.359 e. The summed E-state index contributed by atoms with van der Waals surface area (Å²) in [5.74, 6) is -0.384. The van der Waals surface area contributed by atoms with Crippen LogP contribution in [0.5, 0.6) is 0 Å². The molecule has 1 aromatic heterocycles. The minimum atomic E-state index is -0.474. The topological polar surface area (TPSA) is 105 Å². The van der Waals surface area contributed by atoms with Crippen molar-refractivity contribution in [3.05, 3.63) is 41.2 Å². The predicted octanol–water partition coefficient (Wildman–Crippen LogP) is 1.98. The number of hydrogen-bond donors (Lipinski definition) is 2. The molecule has 134 valence electrons. The van der Waals surface area contributed by atoms with Gasteiger partial charge in [-0.3, -0.25) is 0 Å². The summed E-state index contributed by atoms with van der Waals surface area (Å²) in [5.41, 5.74) is 15.0. The molecule has 1 saturated heterocycles. The normalized spacial score (nSPS) is 17.4. The molecule has 1 aliphatic heterocycles. The maximum Gasteiger partial charge on any atom is 0.359 e. The first-order chi connectivity index (χ1) is 12.2. The maximum absolute atomic E-state index is 12.5. The summed E-state index contributed by atoms with van der Waals surface area (Å²) >= 11 is 0. The largest absolute Gasteiger partial charge is 0.461 e. The Morgan fingerprint density at radius 3 is 2.76 bits per heavy atom. The molecule has 1 fully saturated rings. The summed E-state index contributed by atoms with van der Waals surface area (Å²) in [6.45, 7) is 3.81. The lowest BCUT2D eigenvalue weighted by molar-refractivity contribution is 0.0517. The number of nitrogens with two attached hydrogens (primary N) is 2. The van der Waals surface area contributed by atoms with Gasteiger partial charge in [-0.15, -0.1) is 0 Å². The van der Waals surface area contributed by atoms with E-state index in [1.165, 1.54) is 0 Å². The molecule has 3 rings (SSSR count). The van der Waals surface area contributed by atoms with E-state index in [9.17, 15) is 4.79 Å². The Balaban J connectivity index is 2.05. The van der Waals surface area contributed by atoms with E-state index in [1.54, 1.807) is 11.6 Å². The van der Waals surface area contributed by atoms with Crippen LogP contribution in [0.4, 0.5) is 5.69 Å². The summed E-state index contributed by atoms with van der Waals surface area (Å²) in [4.78, 5) is 12.5. The third kappa shape index (κ3) is 3.52. The van der Waals surface area contributed by atoms with Crippen LogP contribution in [0.3, 0.4) is 0 Å². The number of esters is 1. The lowest BCUT2D eigenvalue weighted by atomic mass is 9.97. The Labute approximate surface area is 146 Å². The molecule has 0 saturated carbocycles. The summed E-state index contributed by atoms with van der Waals surface area (Å²) in [7, 11) is 0. The molecule has 1 unspecified atom stereocenters. The number of carbonyl (C=O) groups excluding carboxylic acids is 1. The molecule has 4 N–H and O–H groups in total. The molecule has 0 spiro atoms. The number of anilines is 1. The van der Waals surface area contributed by atoms with Crippen LogP contribution in [0.1, 0.15) is 47.4 Å². The highest BCUT2D eigenvalue weighted by Gasteiger charge is 2.29. The molecule has 0 amide bonds. The van der Waals surface area contributed by atoms with Gasteiger partial charge in [0.15, 0.2) is 5.69 Å². The third-order valence-corrected chi connectivity index (χ3v) is 4.38. The van der Waals surface area contributed by atoms with Gasteiger partial charge in [0.25, 0.3) is 0 Å². The van der Waals surface area contributed by atoms with Crippen LogP contribution in [-0.4, -0.2) is 35.6 Å². The summed E-state index contributed by atoms with van der Waals surface area (Å²) in [6, 6.07) is 7.56. The molecule has 0 radical (unpaired) electrons. The highest BCUT2D eigenvalue weighted by Crippen LogP contribution is 2.32. The SMILES string of the molecule is CCOC(=O)c1c(N)c(C2CCCOC2)nn1-c1ccc(CN)cc1. The Hall–Kier alpha value is -2.38. The van der Waals surface area contributed by atoms with Gasteiger partial charge in [0.2, 0.25) is 0 Å². The molecule has 25 heavy (non-hydrogen) atoms. The number of benzene rings is 1. The van der Waals surface area contributed by atoms with Crippen LogP contribution in [-0.2, 0) is 16.0 Å². The fourth-order valence-electron chi connectivity index (χ4n) is 3.06. The lowest BCUT2D eigenvalue weighted by Crippen LogP contribution is -2.17. The molecule has 1 aliphatic rings. The van der Waals surface area contributed by atoms with Gasteiger partial charge < -0.3 is 20.9 Å². The van der Waals surface area contributed by atoms with E-state index < -0.39 is 5.97 Å². The van der Waals surface area contributed by atoms with Gasteiger partial charge in [-0.2, -0.15) is 5.10 Å². The van der Waals surface area contributed by atoms with Gasteiger partial charge in [0.05, 0.1) is 30.3 Å². The second kappa shape index (κ2) is 7.67. The van der Waals surface area contributed by atoms with Crippen LogP contribution < -0.4 is 11.5 Å². The zero-order valence-corrected chi connectivity index (χ0v) is 14.4. The van der Waals surface area contributed by atoms with Gasteiger partial charge >= 0.3 is 5.97 Å². The lowest BCUT2D eigenvalue weighted by Gasteiger charge is -2.20. The molecule has 0 bridgehead atoms. The number of nitrogen functional groups attached to an aromatic ring is 1. The Bertz CT molecular complexity index is 734. The zero-order valence-electron chi connectivity index (χ0n) is 14.4. The van der Waals surface area contributed by atoms with E-state index in [4.69, 9.17) is 20.9 Å². The minimum absolute atomic E-state index is 0.0893. The molecule has 7 nitrogen and oxygen atoms in total. The molecular weight excluding hydrogens is 320 g/mol. The second-order valence-electron chi connectivity index (χ2n) is 6.06. The van der Waals surface area contributed by atoms with E-state index in [-0.39, 0.29) is 18.2 Å². The third-order valence-electron chi connectivity index (χ3n) is 4.38. The number of carbonyl (C=O) groups is 1. The summed E-state index contributed by atoms with van der Waals surface area (Å²) in [5, 5.41) is 4.64. The molecule has 7 heteroatoms. The fourth-order valence-corrected chi connectivity index (χ4v) is 3.06. The molecular formula is C18H24N4O3. The molecule has 2 heterocycles. The first-order valence-electron chi connectivity index (χ1n) is 8.58. The Kier molecular flexibility index (Phi) is 5.35. The standard InChI is InChI=1S/C18H24N4O3/c1-2-25-18(23)17-15(20)16(13-4-3-9-24-11-13)21-22(17)14-7-5-12(10-19)6-8-14/h5-8,13H,2-4,9-11,19-20H2,1H3. The monoisotopic (exact) mass is 344 g/mol. The van der Waals surface area contributed by atoms with Gasteiger partial charge in [-0.1, -0.05) is 12.1 Å². The van der Waals surface area contributed by atoms with Gasteiger partial charge in [-0.05, 0) is 37.5 Å². The van der Waals surface area contributed by atoms with Crippen LogP contribution in [0.15, 0.2) is 24.3 Å². The van der Waals surface area contributed by atoms with Crippen molar-refractivity contribution in [1.82, 2.24) is 9.78 Å². The average Bonchev–Trinajstić information content (AvgIpc) is 3.00. The van der Waals surface area contributed by atoms with E-state index in [1.807, 2.05) is 24.3 Å². The van der Waals surface area contributed by atoms with E-state index >= 15 is 0 Å². The Morgan fingerprint density at radius 1 is 1.40 bits per heavy atom. The average molecular weight is 344 g/mol. The maximum atomic E-state index is 12.5. The van der Waals surface area contributed by atoms with Crippen molar-refractivity contribution in [3.63, 3.8) is 0 Å². The molecule has 1 atom stereocenters.